The first-order valence-electron chi connectivity index (χ1n) is 7.41. The smallest absolute Gasteiger partial charge is 0.339 e. The van der Waals surface area contributed by atoms with E-state index in [0.29, 0.717) is 12.4 Å². The lowest BCUT2D eigenvalue weighted by Gasteiger charge is -2.34. The van der Waals surface area contributed by atoms with E-state index < -0.39 is 5.97 Å². The number of nitrogens with one attached hydrogen (secondary N) is 1. The summed E-state index contributed by atoms with van der Waals surface area (Å²) < 4.78 is 0. The monoisotopic (exact) mass is 293 g/mol. The summed E-state index contributed by atoms with van der Waals surface area (Å²) >= 11 is 0. The first-order valence-corrected chi connectivity index (χ1v) is 7.41. The summed E-state index contributed by atoms with van der Waals surface area (Å²) in [5, 5.41) is 21.7. The van der Waals surface area contributed by atoms with Gasteiger partial charge in [0.05, 0.1) is 6.61 Å². The Morgan fingerprint density at radius 1 is 1.48 bits per heavy atom. The van der Waals surface area contributed by atoms with Crippen LogP contribution in [0, 0.1) is 6.92 Å². The maximum Gasteiger partial charge on any atom is 0.339 e. The van der Waals surface area contributed by atoms with Crippen LogP contribution in [0.15, 0.2) is 12.1 Å². The van der Waals surface area contributed by atoms with Crippen molar-refractivity contribution in [2.75, 3.05) is 31.6 Å². The number of hydrogen-bond acceptors (Lipinski definition) is 5. The molecule has 6 heteroatoms. The quantitative estimate of drug-likeness (QED) is 0.734. The molecule has 1 aromatic heterocycles. The minimum atomic E-state index is -0.976. The van der Waals surface area contributed by atoms with Gasteiger partial charge in [0, 0.05) is 24.8 Å². The molecule has 1 unspecified atom stereocenters. The van der Waals surface area contributed by atoms with E-state index in [1.165, 1.54) is 0 Å². The lowest BCUT2D eigenvalue weighted by atomic mass is 10.0. The molecule has 0 saturated carbocycles. The van der Waals surface area contributed by atoms with Crippen molar-refractivity contribution in [3.05, 3.63) is 23.4 Å². The molecule has 1 atom stereocenters. The van der Waals surface area contributed by atoms with Crippen molar-refractivity contribution in [1.29, 1.82) is 0 Å². The average molecular weight is 293 g/mol. The van der Waals surface area contributed by atoms with Crippen LogP contribution in [0.25, 0.3) is 0 Å². The summed E-state index contributed by atoms with van der Waals surface area (Å²) in [6.07, 6.45) is 3.34. The summed E-state index contributed by atoms with van der Waals surface area (Å²) in [6, 6.07) is 3.50. The minimum Gasteiger partial charge on any atom is -0.478 e. The van der Waals surface area contributed by atoms with Crippen LogP contribution in [0.4, 0.5) is 5.82 Å². The number of carboxylic acid groups (broad SMARTS) is 1. The molecule has 0 spiro atoms. The summed E-state index contributed by atoms with van der Waals surface area (Å²) in [5.41, 5.74) is 0.978. The third-order valence-corrected chi connectivity index (χ3v) is 3.92. The van der Waals surface area contributed by atoms with Crippen molar-refractivity contribution in [2.45, 2.75) is 32.2 Å². The Labute approximate surface area is 124 Å². The number of aromatic nitrogens is 1. The molecule has 0 amide bonds. The molecule has 116 valence electrons. The highest BCUT2D eigenvalue weighted by atomic mass is 16.4. The van der Waals surface area contributed by atoms with Crippen molar-refractivity contribution in [2.24, 2.45) is 0 Å². The van der Waals surface area contributed by atoms with E-state index in [9.17, 15) is 9.90 Å². The number of pyridine rings is 1. The topological polar surface area (TPSA) is 85.7 Å². The zero-order chi connectivity index (χ0) is 15.2. The molecule has 21 heavy (non-hydrogen) atoms. The van der Waals surface area contributed by atoms with Crippen molar-refractivity contribution < 1.29 is 15.0 Å². The molecule has 2 rings (SSSR count). The molecule has 1 fully saturated rings. The molecule has 6 nitrogen and oxygen atoms in total. The fourth-order valence-corrected chi connectivity index (χ4v) is 2.74. The third-order valence-electron chi connectivity index (χ3n) is 3.92. The first kappa shape index (κ1) is 15.7. The van der Waals surface area contributed by atoms with Crippen molar-refractivity contribution >= 4 is 11.8 Å². The van der Waals surface area contributed by atoms with E-state index in [2.05, 4.69) is 15.2 Å². The maximum absolute atomic E-state index is 11.2. The number of anilines is 1. The molecular weight excluding hydrogens is 270 g/mol. The number of hydrogen-bond donors (Lipinski definition) is 3. The van der Waals surface area contributed by atoms with Crippen LogP contribution in [0.5, 0.6) is 0 Å². The van der Waals surface area contributed by atoms with E-state index in [4.69, 9.17) is 5.11 Å². The number of rotatable bonds is 6. The highest BCUT2D eigenvalue weighted by Crippen LogP contribution is 2.17. The van der Waals surface area contributed by atoms with E-state index in [-0.39, 0.29) is 18.2 Å². The number of likely N-dealkylation sites (tertiary alicyclic amines) is 1. The molecular formula is C15H23N3O3. The Balaban J connectivity index is 1.93. The van der Waals surface area contributed by atoms with Crippen LogP contribution in [-0.4, -0.2) is 58.3 Å². The summed E-state index contributed by atoms with van der Waals surface area (Å²) in [6.45, 7) is 4.40. The van der Waals surface area contributed by atoms with Gasteiger partial charge in [0.2, 0.25) is 0 Å². The summed E-state index contributed by atoms with van der Waals surface area (Å²) in [4.78, 5) is 17.7. The number of carbonyl (C=O) groups is 1. The lowest BCUT2D eigenvalue weighted by Crippen LogP contribution is -2.44. The number of nitrogens with zero attached hydrogens (tertiary/aromatic N) is 2. The van der Waals surface area contributed by atoms with Crippen LogP contribution in [0.2, 0.25) is 0 Å². The van der Waals surface area contributed by atoms with Gasteiger partial charge in [-0.2, -0.15) is 0 Å². The Hall–Kier alpha value is -1.66. The van der Waals surface area contributed by atoms with Crippen LogP contribution in [-0.2, 0) is 0 Å². The van der Waals surface area contributed by atoms with Crippen LogP contribution in [0.3, 0.4) is 0 Å². The highest BCUT2D eigenvalue weighted by molar-refractivity contribution is 5.93. The van der Waals surface area contributed by atoms with Gasteiger partial charge in [-0.3, -0.25) is 4.90 Å². The molecule has 0 bridgehead atoms. The molecule has 1 aliphatic rings. The van der Waals surface area contributed by atoms with Gasteiger partial charge in [-0.15, -0.1) is 0 Å². The normalized spacial score (nSPS) is 19.4. The van der Waals surface area contributed by atoms with Gasteiger partial charge < -0.3 is 15.5 Å². The molecule has 0 radical (unpaired) electrons. The van der Waals surface area contributed by atoms with E-state index in [1.807, 2.05) is 6.92 Å². The van der Waals surface area contributed by atoms with Gasteiger partial charge in [0.15, 0.2) is 0 Å². The second-order valence-electron chi connectivity index (χ2n) is 5.45. The number of aliphatic hydroxyl groups excluding tert-OH is 1. The number of aryl methyl sites for hydroxylation is 1. The zero-order valence-electron chi connectivity index (χ0n) is 12.4. The first-order chi connectivity index (χ1) is 10.1. The number of carboxylic acids is 1. The maximum atomic E-state index is 11.2. The van der Waals surface area contributed by atoms with Crippen molar-refractivity contribution in [3.63, 3.8) is 0 Å². The number of aliphatic hydroxyl groups is 1. The molecule has 1 aliphatic heterocycles. The average Bonchev–Trinajstić information content (AvgIpc) is 2.47. The highest BCUT2D eigenvalue weighted by Gasteiger charge is 2.21. The predicted molar refractivity (Wildman–Crippen MR) is 80.7 cm³/mol. The molecule has 0 aliphatic carbocycles. The van der Waals surface area contributed by atoms with Gasteiger partial charge in [-0.05, 0) is 38.4 Å². The predicted octanol–water partition coefficient (Wildman–Crippen LogP) is 1.35. The second kappa shape index (κ2) is 7.38. The van der Waals surface area contributed by atoms with Gasteiger partial charge in [-0.25, -0.2) is 9.78 Å². The van der Waals surface area contributed by atoms with Gasteiger partial charge in [0.25, 0.3) is 0 Å². The largest absolute Gasteiger partial charge is 0.478 e. The lowest BCUT2D eigenvalue weighted by molar-refractivity contribution is 0.0697. The van der Waals surface area contributed by atoms with E-state index in [1.54, 1.807) is 12.1 Å². The molecule has 2 heterocycles. The fourth-order valence-electron chi connectivity index (χ4n) is 2.74. The Bertz CT molecular complexity index is 493. The number of aromatic carboxylic acids is 1. The summed E-state index contributed by atoms with van der Waals surface area (Å²) in [5.74, 6) is -0.559. The fraction of sp³-hybridized carbons (Fsp3) is 0.600. The molecule has 1 aromatic rings. The molecule has 1 saturated heterocycles. The van der Waals surface area contributed by atoms with E-state index >= 15 is 0 Å². The SMILES string of the molecule is Cc1ccc(C(=O)O)c(NCCN2CCCCC2CO)n1. The van der Waals surface area contributed by atoms with Gasteiger partial charge >= 0.3 is 5.97 Å². The Morgan fingerprint density at radius 2 is 2.29 bits per heavy atom. The zero-order valence-corrected chi connectivity index (χ0v) is 12.4. The Kier molecular flexibility index (Phi) is 5.52. The van der Waals surface area contributed by atoms with Gasteiger partial charge in [-0.1, -0.05) is 6.42 Å². The van der Waals surface area contributed by atoms with Crippen molar-refractivity contribution in [1.82, 2.24) is 9.88 Å². The molecule has 3 N–H and O–H groups in total. The Morgan fingerprint density at radius 3 is 3.00 bits per heavy atom. The van der Waals surface area contributed by atoms with E-state index in [0.717, 1.165) is 38.0 Å². The second-order valence-corrected chi connectivity index (χ2v) is 5.45. The standard InChI is InChI=1S/C15H23N3O3/c1-11-5-6-13(15(20)21)14(17-11)16-7-9-18-8-3-2-4-12(18)10-19/h5-6,12,19H,2-4,7-10H2,1H3,(H,16,17)(H,20,21). The van der Waals surface area contributed by atoms with Crippen LogP contribution in [0.1, 0.15) is 35.3 Å². The third kappa shape index (κ3) is 4.15. The number of piperidine rings is 1. The minimum absolute atomic E-state index is 0.184. The molecule has 0 aromatic carbocycles. The van der Waals surface area contributed by atoms with Gasteiger partial charge in [0.1, 0.15) is 11.4 Å². The van der Waals surface area contributed by atoms with Crippen molar-refractivity contribution in [3.8, 4) is 0 Å². The van der Waals surface area contributed by atoms with Crippen LogP contribution < -0.4 is 5.32 Å². The van der Waals surface area contributed by atoms with Crippen LogP contribution >= 0.6 is 0 Å². The summed E-state index contributed by atoms with van der Waals surface area (Å²) in [7, 11) is 0.